The highest BCUT2D eigenvalue weighted by atomic mass is 35.5. The lowest BCUT2D eigenvalue weighted by molar-refractivity contribution is -0.137. The summed E-state index contributed by atoms with van der Waals surface area (Å²) >= 11 is 6.27. The van der Waals surface area contributed by atoms with Gasteiger partial charge in [0.15, 0.2) is 0 Å². The largest absolute Gasteiger partial charge is 0.416 e. The maximum Gasteiger partial charge on any atom is 0.416 e. The van der Waals surface area contributed by atoms with Crippen molar-refractivity contribution in [1.29, 1.82) is 0 Å². The zero-order valence-corrected chi connectivity index (χ0v) is 20.8. The van der Waals surface area contributed by atoms with Crippen LogP contribution >= 0.6 is 11.6 Å². The molecule has 1 aliphatic heterocycles. The number of benzene rings is 2. The number of halogens is 6. The number of hydrogen-bond donors (Lipinski definition) is 3. The van der Waals surface area contributed by atoms with Crippen LogP contribution < -0.4 is 16.0 Å². The summed E-state index contributed by atoms with van der Waals surface area (Å²) in [5.74, 6) is -4.32. The number of carbonyl (C=O) groups excluding carboxylic acids is 3. The van der Waals surface area contributed by atoms with Crippen molar-refractivity contribution >= 4 is 35.0 Å². The van der Waals surface area contributed by atoms with Crippen LogP contribution in [0.5, 0.6) is 0 Å². The first-order chi connectivity index (χ1) is 18.4. The number of nitrogens with one attached hydrogen (secondary N) is 3. The van der Waals surface area contributed by atoms with E-state index in [1.54, 1.807) is 0 Å². The Bertz CT molecular complexity index is 1460. The predicted octanol–water partition coefficient (Wildman–Crippen LogP) is 4.29. The zero-order chi connectivity index (χ0) is 28.5. The molecular formula is C25H20ClF5N4O4. The van der Waals surface area contributed by atoms with Gasteiger partial charge in [0, 0.05) is 29.8 Å². The average molecular weight is 571 g/mol. The quantitative estimate of drug-likeness (QED) is 0.291. The number of hydrogen-bond acceptors (Lipinski definition) is 4. The number of ether oxygens (including phenoxy) is 1. The SMILES string of the molecule is COCCNC(=O)c1cc(NC(=O)c2cc(F)cc(C(F)(F)F)c2)c2n1CC(=O)NC2c1cc(F)ccc1Cl. The number of alkyl halides is 3. The molecular weight excluding hydrogens is 551 g/mol. The molecule has 3 N–H and O–H groups in total. The van der Waals surface area contributed by atoms with Crippen molar-refractivity contribution in [3.05, 3.63) is 87.2 Å². The van der Waals surface area contributed by atoms with Gasteiger partial charge >= 0.3 is 6.18 Å². The average Bonchev–Trinajstić information content (AvgIpc) is 3.22. The number of anilines is 1. The standard InChI is InChI=1S/C25H20ClF5N4O4/c1-39-5-4-32-24(38)19-10-18(33-23(37)12-6-13(25(29,30)31)8-15(28)7-12)22-21(34-20(36)11-35(19)22)16-9-14(27)2-3-17(16)26/h2-3,6-10,21H,4-5,11H2,1H3,(H,32,38)(H,33,37)(H,34,36). The van der Waals surface area contributed by atoms with E-state index in [1.165, 1.54) is 23.8 Å². The van der Waals surface area contributed by atoms with Gasteiger partial charge < -0.3 is 25.3 Å². The summed E-state index contributed by atoms with van der Waals surface area (Å²) in [6.07, 6.45) is -4.91. The third-order valence-electron chi connectivity index (χ3n) is 5.85. The van der Waals surface area contributed by atoms with Crippen molar-refractivity contribution < 1.29 is 41.1 Å². The molecule has 39 heavy (non-hydrogen) atoms. The minimum atomic E-state index is -4.91. The van der Waals surface area contributed by atoms with Gasteiger partial charge in [0.1, 0.15) is 23.9 Å². The molecule has 3 aromatic rings. The van der Waals surface area contributed by atoms with Gasteiger partial charge in [-0.1, -0.05) is 11.6 Å². The Hall–Kier alpha value is -3.97. The number of carbonyl (C=O) groups is 3. The van der Waals surface area contributed by atoms with Crippen LogP contribution in [0.25, 0.3) is 0 Å². The Balaban J connectivity index is 1.82. The molecule has 0 aliphatic carbocycles. The molecule has 206 valence electrons. The van der Waals surface area contributed by atoms with Gasteiger partial charge in [-0.05, 0) is 42.5 Å². The number of amides is 3. The summed E-state index contributed by atoms with van der Waals surface area (Å²) in [6.45, 7) is -0.0989. The fourth-order valence-electron chi connectivity index (χ4n) is 4.15. The van der Waals surface area contributed by atoms with E-state index in [-0.39, 0.29) is 53.4 Å². The molecule has 0 spiro atoms. The summed E-state index contributed by atoms with van der Waals surface area (Å²) in [6, 6.07) is 4.79. The highest BCUT2D eigenvalue weighted by molar-refractivity contribution is 6.31. The number of aromatic nitrogens is 1. The second-order valence-electron chi connectivity index (χ2n) is 8.51. The molecule has 0 bridgehead atoms. The van der Waals surface area contributed by atoms with Crippen LogP contribution in [-0.2, 0) is 22.3 Å². The zero-order valence-electron chi connectivity index (χ0n) is 20.1. The molecule has 0 saturated carbocycles. The second-order valence-corrected chi connectivity index (χ2v) is 8.92. The predicted molar refractivity (Wildman–Crippen MR) is 129 cm³/mol. The number of rotatable bonds is 7. The smallest absolute Gasteiger partial charge is 0.383 e. The van der Waals surface area contributed by atoms with E-state index in [1.807, 2.05) is 0 Å². The maximum atomic E-state index is 14.1. The summed E-state index contributed by atoms with van der Waals surface area (Å²) in [5.41, 5.74) is -2.01. The Morgan fingerprint density at radius 2 is 1.85 bits per heavy atom. The lowest BCUT2D eigenvalue weighted by atomic mass is 10.0. The van der Waals surface area contributed by atoms with Crippen LogP contribution in [-0.4, -0.2) is 42.6 Å². The van der Waals surface area contributed by atoms with E-state index in [0.29, 0.717) is 12.1 Å². The lowest BCUT2D eigenvalue weighted by Gasteiger charge is -2.29. The van der Waals surface area contributed by atoms with E-state index in [2.05, 4.69) is 16.0 Å². The maximum absolute atomic E-state index is 14.1. The van der Waals surface area contributed by atoms with Crippen molar-refractivity contribution in [2.75, 3.05) is 25.6 Å². The Labute approximate surface area is 223 Å². The van der Waals surface area contributed by atoms with Crippen LogP contribution in [0, 0.1) is 11.6 Å². The Kier molecular flexibility index (Phi) is 7.93. The van der Waals surface area contributed by atoms with Gasteiger partial charge in [-0.25, -0.2) is 8.78 Å². The molecule has 1 atom stereocenters. The van der Waals surface area contributed by atoms with Gasteiger partial charge in [0.05, 0.1) is 29.6 Å². The lowest BCUT2D eigenvalue weighted by Crippen LogP contribution is -2.41. The molecule has 1 aliphatic rings. The van der Waals surface area contributed by atoms with Crippen molar-refractivity contribution in [2.24, 2.45) is 0 Å². The monoisotopic (exact) mass is 570 g/mol. The third kappa shape index (κ3) is 6.04. The summed E-state index contributed by atoms with van der Waals surface area (Å²) < 4.78 is 73.8. The molecule has 0 fully saturated rings. The molecule has 2 heterocycles. The van der Waals surface area contributed by atoms with Crippen LogP contribution in [0.2, 0.25) is 5.02 Å². The Morgan fingerprint density at radius 3 is 2.54 bits per heavy atom. The van der Waals surface area contributed by atoms with Gasteiger partial charge in [-0.15, -0.1) is 0 Å². The number of methoxy groups -OCH3 is 1. The minimum absolute atomic E-state index is 0.0553. The van der Waals surface area contributed by atoms with Crippen LogP contribution in [0.4, 0.5) is 27.6 Å². The van der Waals surface area contributed by atoms with E-state index in [9.17, 15) is 36.3 Å². The Morgan fingerprint density at radius 1 is 1.10 bits per heavy atom. The summed E-state index contributed by atoms with van der Waals surface area (Å²) in [5, 5.41) is 7.66. The fourth-order valence-corrected chi connectivity index (χ4v) is 4.38. The van der Waals surface area contributed by atoms with Gasteiger partial charge in [0.2, 0.25) is 5.91 Å². The molecule has 3 amide bonds. The van der Waals surface area contributed by atoms with E-state index in [0.717, 1.165) is 12.1 Å². The molecule has 14 heteroatoms. The first kappa shape index (κ1) is 28.0. The van der Waals surface area contributed by atoms with Gasteiger partial charge in [-0.2, -0.15) is 13.2 Å². The van der Waals surface area contributed by atoms with Crippen molar-refractivity contribution in [3.63, 3.8) is 0 Å². The van der Waals surface area contributed by atoms with E-state index < -0.39 is 52.7 Å². The fraction of sp³-hybridized carbons (Fsp3) is 0.240. The number of nitrogens with zero attached hydrogens (tertiary/aromatic N) is 1. The topological polar surface area (TPSA) is 101 Å². The molecule has 2 aromatic carbocycles. The minimum Gasteiger partial charge on any atom is -0.383 e. The van der Waals surface area contributed by atoms with Gasteiger partial charge in [0.25, 0.3) is 11.8 Å². The van der Waals surface area contributed by atoms with Crippen molar-refractivity contribution in [2.45, 2.75) is 18.8 Å². The van der Waals surface area contributed by atoms with Crippen LogP contribution in [0.3, 0.4) is 0 Å². The normalized spacial score (nSPS) is 14.9. The van der Waals surface area contributed by atoms with Crippen LogP contribution in [0.1, 0.15) is 43.7 Å². The van der Waals surface area contributed by atoms with Crippen LogP contribution in [0.15, 0.2) is 42.5 Å². The van der Waals surface area contributed by atoms with E-state index >= 15 is 0 Å². The van der Waals surface area contributed by atoms with Crippen molar-refractivity contribution in [1.82, 2.24) is 15.2 Å². The highest BCUT2D eigenvalue weighted by Gasteiger charge is 2.35. The second kappa shape index (κ2) is 11.0. The molecule has 4 rings (SSSR count). The summed E-state index contributed by atoms with van der Waals surface area (Å²) in [7, 11) is 1.42. The highest BCUT2D eigenvalue weighted by Crippen LogP contribution is 2.38. The molecule has 8 nitrogen and oxygen atoms in total. The van der Waals surface area contributed by atoms with Gasteiger partial charge in [-0.3, -0.25) is 14.4 Å². The third-order valence-corrected chi connectivity index (χ3v) is 6.19. The summed E-state index contributed by atoms with van der Waals surface area (Å²) in [4.78, 5) is 38.6. The first-order valence-electron chi connectivity index (χ1n) is 11.3. The van der Waals surface area contributed by atoms with Crippen molar-refractivity contribution in [3.8, 4) is 0 Å². The molecule has 0 radical (unpaired) electrons. The first-order valence-corrected chi connectivity index (χ1v) is 11.7. The molecule has 0 saturated heterocycles. The molecule has 1 aromatic heterocycles. The molecule has 1 unspecified atom stereocenters. The van der Waals surface area contributed by atoms with E-state index in [4.69, 9.17) is 16.3 Å². The number of fused-ring (bicyclic) bond motifs is 1.